The number of nitrogens with one attached hydrogen (secondary N) is 1. The zero-order chi connectivity index (χ0) is 15.2. The van der Waals surface area contributed by atoms with Crippen molar-refractivity contribution in [3.8, 4) is 11.8 Å². The molecule has 0 aliphatic rings. The van der Waals surface area contributed by atoms with Gasteiger partial charge in [-0.2, -0.15) is 0 Å². The largest absolute Gasteiger partial charge is 0.321 e. The van der Waals surface area contributed by atoms with Crippen molar-refractivity contribution in [3.63, 3.8) is 0 Å². The SMILES string of the molecule is Cc1cccc(C(=O)Nc2ccc(C)c(C#CCN)c2)n1. The molecule has 0 unspecified atom stereocenters. The van der Waals surface area contributed by atoms with Crippen LogP contribution in [-0.4, -0.2) is 17.4 Å². The Hall–Kier alpha value is -2.64. The van der Waals surface area contributed by atoms with Crippen molar-refractivity contribution in [1.82, 2.24) is 4.98 Å². The molecule has 1 heterocycles. The second-order valence-corrected chi connectivity index (χ2v) is 4.65. The van der Waals surface area contributed by atoms with Crippen molar-refractivity contribution in [2.75, 3.05) is 11.9 Å². The molecular formula is C17H17N3O. The van der Waals surface area contributed by atoms with Crippen molar-refractivity contribution in [2.24, 2.45) is 5.73 Å². The Bertz CT molecular complexity index is 726. The molecule has 106 valence electrons. The molecule has 1 aromatic carbocycles. The van der Waals surface area contributed by atoms with Crippen LogP contribution in [0.2, 0.25) is 0 Å². The van der Waals surface area contributed by atoms with E-state index in [4.69, 9.17) is 5.73 Å². The summed E-state index contributed by atoms with van der Waals surface area (Å²) in [7, 11) is 0. The van der Waals surface area contributed by atoms with Gasteiger partial charge in [-0.25, -0.2) is 4.98 Å². The molecule has 0 spiro atoms. The van der Waals surface area contributed by atoms with E-state index >= 15 is 0 Å². The number of hydrogen-bond acceptors (Lipinski definition) is 3. The quantitative estimate of drug-likeness (QED) is 0.829. The summed E-state index contributed by atoms with van der Waals surface area (Å²) in [6.45, 7) is 4.13. The van der Waals surface area contributed by atoms with Gasteiger partial charge in [-0.1, -0.05) is 24.0 Å². The van der Waals surface area contributed by atoms with Gasteiger partial charge >= 0.3 is 0 Å². The van der Waals surface area contributed by atoms with Crippen LogP contribution in [0.1, 0.15) is 27.3 Å². The summed E-state index contributed by atoms with van der Waals surface area (Å²) in [6, 6.07) is 10.9. The van der Waals surface area contributed by atoms with E-state index in [0.717, 1.165) is 16.8 Å². The Kier molecular flexibility index (Phi) is 4.70. The monoisotopic (exact) mass is 279 g/mol. The molecule has 2 aromatic rings. The van der Waals surface area contributed by atoms with Crippen LogP contribution >= 0.6 is 0 Å². The topological polar surface area (TPSA) is 68.0 Å². The number of benzene rings is 1. The van der Waals surface area contributed by atoms with Gasteiger partial charge in [-0.05, 0) is 43.7 Å². The summed E-state index contributed by atoms with van der Waals surface area (Å²) in [5.74, 6) is 5.58. The molecular weight excluding hydrogens is 262 g/mol. The van der Waals surface area contributed by atoms with Gasteiger partial charge < -0.3 is 11.1 Å². The third-order valence-corrected chi connectivity index (χ3v) is 2.94. The number of carbonyl (C=O) groups excluding carboxylic acids is 1. The first-order valence-electron chi connectivity index (χ1n) is 6.65. The van der Waals surface area contributed by atoms with Crippen LogP contribution in [0.3, 0.4) is 0 Å². The van der Waals surface area contributed by atoms with E-state index in [1.54, 1.807) is 6.07 Å². The molecule has 0 atom stereocenters. The van der Waals surface area contributed by atoms with Crippen LogP contribution in [-0.2, 0) is 0 Å². The van der Waals surface area contributed by atoms with Crippen molar-refractivity contribution in [2.45, 2.75) is 13.8 Å². The number of nitrogens with two attached hydrogens (primary N) is 1. The molecule has 0 fully saturated rings. The Morgan fingerprint density at radius 2 is 2.10 bits per heavy atom. The van der Waals surface area contributed by atoms with Gasteiger partial charge in [0.25, 0.3) is 5.91 Å². The molecule has 1 aromatic heterocycles. The molecule has 0 aliphatic carbocycles. The average molecular weight is 279 g/mol. The molecule has 4 nitrogen and oxygen atoms in total. The number of aryl methyl sites for hydroxylation is 2. The highest BCUT2D eigenvalue weighted by atomic mass is 16.1. The first-order chi connectivity index (χ1) is 10.1. The van der Waals surface area contributed by atoms with Crippen molar-refractivity contribution in [1.29, 1.82) is 0 Å². The molecule has 0 bridgehead atoms. The van der Waals surface area contributed by atoms with E-state index in [-0.39, 0.29) is 5.91 Å². The molecule has 3 N–H and O–H groups in total. The Morgan fingerprint density at radius 1 is 1.29 bits per heavy atom. The number of rotatable bonds is 2. The van der Waals surface area contributed by atoms with Gasteiger partial charge in [-0.15, -0.1) is 0 Å². The lowest BCUT2D eigenvalue weighted by molar-refractivity contribution is 0.102. The maximum absolute atomic E-state index is 12.1. The fourth-order valence-electron chi connectivity index (χ4n) is 1.85. The smallest absolute Gasteiger partial charge is 0.274 e. The minimum atomic E-state index is -0.236. The van der Waals surface area contributed by atoms with E-state index < -0.39 is 0 Å². The number of pyridine rings is 1. The van der Waals surface area contributed by atoms with Crippen molar-refractivity contribution < 1.29 is 4.79 Å². The Morgan fingerprint density at radius 3 is 2.81 bits per heavy atom. The minimum Gasteiger partial charge on any atom is -0.321 e. The van der Waals surface area contributed by atoms with Gasteiger partial charge in [0.05, 0.1) is 6.54 Å². The normalized spacial score (nSPS) is 9.67. The summed E-state index contributed by atoms with van der Waals surface area (Å²) in [5.41, 5.74) is 9.17. The van der Waals surface area contributed by atoms with E-state index in [0.29, 0.717) is 17.9 Å². The van der Waals surface area contributed by atoms with Gasteiger partial charge in [0.15, 0.2) is 0 Å². The molecule has 21 heavy (non-hydrogen) atoms. The van der Waals surface area contributed by atoms with Crippen LogP contribution in [0, 0.1) is 25.7 Å². The van der Waals surface area contributed by atoms with Crippen molar-refractivity contribution in [3.05, 3.63) is 58.9 Å². The number of aromatic nitrogens is 1. The standard InChI is InChI=1S/C17H17N3O/c1-12-8-9-15(11-14(12)6-4-10-18)20-17(21)16-7-3-5-13(2)19-16/h3,5,7-9,11H,10,18H2,1-2H3,(H,20,21). The average Bonchev–Trinajstić information content (AvgIpc) is 2.47. The highest BCUT2D eigenvalue weighted by Gasteiger charge is 2.08. The van der Waals surface area contributed by atoms with Gasteiger partial charge in [0.2, 0.25) is 0 Å². The van der Waals surface area contributed by atoms with Crippen LogP contribution in [0.5, 0.6) is 0 Å². The fourth-order valence-corrected chi connectivity index (χ4v) is 1.85. The van der Waals surface area contributed by atoms with E-state index in [1.165, 1.54) is 0 Å². The molecule has 0 aliphatic heterocycles. The van der Waals surface area contributed by atoms with Crippen LogP contribution in [0.15, 0.2) is 36.4 Å². The predicted octanol–water partition coefficient (Wildman–Crippen LogP) is 2.26. The van der Waals surface area contributed by atoms with E-state index in [1.807, 2.05) is 44.2 Å². The predicted molar refractivity (Wildman–Crippen MR) is 84.0 cm³/mol. The first-order valence-corrected chi connectivity index (χ1v) is 6.65. The number of amides is 1. The molecule has 4 heteroatoms. The van der Waals surface area contributed by atoms with Gasteiger partial charge in [0, 0.05) is 16.9 Å². The van der Waals surface area contributed by atoms with E-state index in [9.17, 15) is 4.79 Å². The molecule has 2 rings (SSSR count). The zero-order valence-electron chi connectivity index (χ0n) is 12.1. The molecule has 1 amide bonds. The number of anilines is 1. The lowest BCUT2D eigenvalue weighted by atomic mass is 10.1. The first kappa shape index (κ1) is 14.8. The van der Waals surface area contributed by atoms with Gasteiger partial charge in [0.1, 0.15) is 5.69 Å². The second kappa shape index (κ2) is 6.69. The third kappa shape index (κ3) is 3.91. The van der Waals surface area contributed by atoms with E-state index in [2.05, 4.69) is 22.1 Å². The third-order valence-electron chi connectivity index (χ3n) is 2.94. The summed E-state index contributed by atoms with van der Waals surface area (Å²) in [6.07, 6.45) is 0. The number of carbonyl (C=O) groups is 1. The minimum absolute atomic E-state index is 0.236. The molecule has 0 saturated carbocycles. The molecule has 0 saturated heterocycles. The van der Waals surface area contributed by atoms with Gasteiger partial charge in [-0.3, -0.25) is 4.79 Å². The Labute approximate surface area is 124 Å². The summed E-state index contributed by atoms with van der Waals surface area (Å²) in [5, 5.41) is 2.83. The lowest BCUT2D eigenvalue weighted by Gasteiger charge is -2.07. The maximum Gasteiger partial charge on any atom is 0.274 e. The summed E-state index contributed by atoms with van der Waals surface area (Å²) in [4.78, 5) is 16.3. The second-order valence-electron chi connectivity index (χ2n) is 4.65. The number of nitrogens with zero attached hydrogens (tertiary/aromatic N) is 1. The summed E-state index contributed by atoms with van der Waals surface area (Å²) < 4.78 is 0. The lowest BCUT2D eigenvalue weighted by Crippen LogP contribution is -2.14. The fraction of sp³-hybridized carbons (Fsp3) is 0.176. The maximum atomic E-state index is 12.1. The van der Waals surface area contributed by atoms with Crippen molar-refractivity contribution >= 4 is 11.6 Å². The Balaban J connectivity index is 2.21. The van der Waals surface area contributed by atoms with Crippen LogP contribution in [0.4, 0.5) is 5.69 Å². The van der Waals surface area contributed by atoms with Crippen LogP contribution in [0.25, 0.3) is 0 Å². The number of hydrogen-bond donors (Lipinski definition) is 2. The summed E-state index contributed by atoms with van der Waals surface area (Å²) >= 11 is 0. The molecule has 0 radical (unpaired) electrons. The highest BCUT2D eigenvalue weighted by molar-refractivity contribution is 6.02. The zero-order valence-corrected chi connectivity index (χ0v) is 12.1. The highest BCUT2D eigenvalue weighted by Crippen LogP contribution is 2.15. The van der Waals surface area contributed by atoms with Crippen LogP contribution < -0.4 is 11.1 Å².